The summed E-state index contributed by atoms with van der Waals surface area (Å²) in [5.41, 5.74) is 0.656. The zero-order valence-corrected chi connectivity index (χ0v) is 21.0. The Bertz CT molecular complexity index is 1340. The lowest BCUT2D eigenvalue weighted by Gasteiger charge is -2.33. The Balaban J connectivity index is 1.77. The van der Waals surface area contributed by atoms with E-state index >= 15 is 0 Å². The van der Waals surface area contributed by atoms with Crippen molar-refractivity contribution in [2.75, 3.05) is 32.1 Å². The molecule has 0 saturated heterocycles. The Kier molecular flexibility index (Phi) is 7.30. The molecule has 0 fully saturated rings. The van der Waals surface area contributed by atoms with Crippen molar-refractivity contribution in [3.8, 4) is 5.75 Å². The third-order valence-electron chi connectivity index (χ3n) is 5.22. The van der Waals surface area contributed by atoms with Gasteiger partial charge < -0.3 is 24.1 Å². The van der Waals surface area contributed by atoms with Gasteiger partial charge in [-0.3, -0.25) is 4.79 Å². The van der Waals surface area contributed by atoms with Gasteiger partial charge in [0.1, 0.15) is 22.8 Å². The van der Waals surface area contributed by atoms with E-state index in [4.69, 9.17) is 9.15 Å². The first-order valence-electron chi connectivity index (χ1n) is 10.8. The van der Waals surface area contributed by atoms with Gasteiger partial charge in [0.05, 0.1) is 6.54 Å². The molecular weight excluding hydrogens is 474 g/mol. The molecule has 0 spiro atoms. The monoisotopic (exact) mass is 503 g/mol. The van der Waals surface area contributed by atoms with Gasteiger partial charge in [-0.2, -0.15) is 0 Å². The highest BCUT2D eigenvalue weighted by atomic mass is 32.2. The topological polar surface area (TPSA) is 129 Å². The van der Waals surface area contributed by atoms with Gasteiger partial charge in [0.25, 0.3) is 10.0 Å². The van der Waals surface area contributed by atoms with Crippen LogP contribution in [0.2, 0.25) is 0 Å². The molecule has 3 aromatic rings. The summed E-state index contributed by atoms with van der Waals surface area (Å²) in [7, 11) is -0.581. The number of benzene rings is 2. The fourth-order valence-corrected chi connectivity index (χ4v) is 4.50. The van der Waals surface area contributed by atoms with E-state index < -0.39 is 27.6 Å². The summed E-state index contributed by atoms with van der Waals surface area (Å²) in [4.78, 5) is 27.0. The molecule has 10 nitrogen and oxygen atoms in total. The molecule has 3 rings (SSSR count). The maximum absolute atomic E-state index is 13.0. The van der Waals surface area contributed by atoms with Crippen molar-refractivity contribution in [2.24, 2.45) is 0 Å². The van der Waals surface area contributed by atoms with Crippen molar-refractivity contribution >= 4 is 38.7 Å². The SMILES string of the molecule is CN(C)c1ccc2cc(C(=O)NS(=O)(=O)c3ccccc3OCCN(C(=O)O)C(C)(C)C)oc2c1. The summed E-state index contributed by atoms with van der Waals surface area (Å²) in [5, 5.41) is 10.1. The maximum atomic E-state index is 13.0. The largest absolute Gasteiger partial charge is 0.490 e. The molecule has 0 atom stereocenters. The number of carbonyl (C=O) groups excluding carboxylic acids is 1. The Morgan fingerprint density at radius 1 is 1.09 bits per heavy atom. The summed E-state index contributed by atoms with van der Waals surface area (Å²) >= 11 is 0. The van der Waals surface area contributed by atoms with E-state index in [9.17, 15) is 23.1 Å². The molecule has 188 valence electrons. The van der Waals surface area contributed by atoms with E-state index in [0.717, 1.165) is 5.69 Å². The Hall–Kier alpha value is -3.73. The first-order chi connectivity index (χ1) is 16.3. The van der Waals surface area contributed by atoms with E-state index in [2.05, 4.69) is 0 Å². The first kappa shape index (κ1) is 25.9. The fraction of sp³-hybridized carbons (Fsp3) is 0.333. The average molecular weight is 504 g/mol. The molecule has 0 aliphatic rings. The minimum absolute atomic E-state index is 0.00715. The van der Waals surface area contributed by atoms with Crippen LogP contribution in [0.1, 0.15) is 31.3 Å². The third kappa shape index (κ3) is 6.04. The van der Waals surface area contributed by atoms with Crippen LogP contribution < -0.4 is 14.4 Å². The van der Waals surface area contributed by atoms with Crippen LogP contribution in [0.15, 0.2) is 57.8 Å². The van der Waals surface area contributed by atoms with Crippen molar-refractivity contribution < 1.29 is 32.3 Å². The molecule has 0 aliphatic heterocycles. The van der Waals surface area contributed by atoms with Crippen LogP contribution in [0.3, 0.4) is 0 Å². The minimum atomic E-state index is -4.32. The highest BCUT2D eigenvalue weighted by molar-refractivity contribution is 7.90. The van der Waals surface area contributed by atoms with Crippen LogP contribution in [-0.2, 0) is 10.0 Å². The molecule has 0 saturated carbocycles. The lowest BCUT2D eigenvalue weighted by Crippen LogP contribution is -2.46. The number of rotatable bonds is 8. The predicted molar refractivity (Wildman–Crippen MR) is 132 cm³/mol. The van der Waals surface area contributed by atoms with Crippen LogP contribution >= 0.6 is 0 Å². The molecule has 0 radical (unpaired) electrons. The molecule has 0 aliphatic carbocycles. The number of hydrogen-bond donors (Lipinski definition) is 2. The summed E-state index contributed by atoms with van der Waals surface area (Å²) < 4.78 is 39.2. The van der Waals surface area contributed by atoms with Crippen LogP contribution in [0.25, 0.3) is 11.0 Å². The van der Waals surface area contributed by atoms with E-state index in [1.807, 2.05) is 29.8 Å². The van der Waals surface area contributed by atoms with Crippen molar-refractivity contribution in [1.29, 1.82) is 0 Å². The molecular formula is C24H29N3O7S. The predicted octanol–water partition coefficient (Wildman–Crippen LogP) is 3.77. The minimum Gasteiger partial charge on any atom is -0.490 e. The van der Waals surface area contributed by atoms with Gasteiger partial charge in [0, 0.05) is 36.8 Å². The van der Waals surface area contributed by atoms with Crippen molar-refractivity contribution in [1.82, 2.24) is 9.62 Å². The quantitative estimate of drug-likeness (QED) is 0.475. The molecule has 2 amide bonds. The number of anilines is 1. The standard InChI is InChI=1S/C24H29N3O7S/c1-24(2,3)27(23(29)30)12-13-33-18-8-6-7-9-21(18)35(31,32)25-22(28)20-14-16-10-11-17(26(4)5)15-19(16)34-20/h6-11,14-15H,12-13H2,1-5H3,(H,25,28)(H,29,30). The number of para-hydroxylation sites is 1. The van der Waals surface area contributed by atoms with Crippen molar-refractivity contribution in [2.45, 2.75) is 31.2 Å². The Labute approximate surface area is 204 Å². The molecule has 1 heterocycles. The molecule has 0 unspecified atom stereocenters. The highest BCUT2D eigenvalue weighted by Gasteiger charge is 2.27. The molecule has 11 heteroatoms. The number of hydrogen-bond acceptors (Lipinski definition) is 7. The van der Waals surface area contributed by atoms with E-state index in [0.29, 0.717) is 11.0 Å². The number of fused-ring (bicyclic) bond motifs is 1. The number of nitrogens with one attached hydrogen (secondary N) is 1. The van der Waals surface area contributed by atoms with E-state index in [-0.39, 0.29) is 29.6 Å². The highest BCUT2D eigenvalue weighted by Crippen LogP contribution is 2.26. The molecule has 35 heavy (non-hydrogen) atoms. The Morgan fingerprint density at radius 3 is 2.40 bits per heavy atom. The fourth-order valence-electron chi connectivity index (χ4n) is 3.39. The van der Waals surface area contributed by atoms with E-state index in [1.165, 1.54) is 29.2 Å². The van der Waals surface area contributed by atoms with Crippen LogP contribution in [0, 0.1) is 0 Å². The number of furan rings is 1. The second kappa shape index (κ2) is 9.87. The average Bonchev–Trinajstić information content (AvgIpc) is 3.19. The molecule has 1 aromatic heterocycles. The Morgan fingerprint density at radius 2 is 1.77 bits per heavy atom. The maximum Gasteiger partial charge on any atom is 0.407 e. The van der Waals surface area contributed by atoms with Crippen molar-refractivity contribution in [3.05, 3.63) is 54.3 Å². The van der Waals surface area contributed by atoms with Gasteiger partial charge >= 0.3 is 12.0 Å². The van der Waals surface area contributed by atoms with Gasteiger partial charge in [-0.05, 0) is 51.1 Å². The zero-order valence-electron chi connectivity index (χ0n) is 20.2. The lowest BCUT2D eigenvalue weighted by molar-refractivity contribution is 0.0886. The second-order valence-electron chi connectivity index (χ2n) is 9.06. The van der Waals surface area contributed by atoms with Crippen LogP contribution in [0.5, 0.6) is 5.75 Å². The van der Waals surface area contributed by atoms with Crippen molar-refractivity contribution in [3.63, 3.8) is 0 Å². The third-order valence-corrected chi connectivity index (χ3v) is 6.59. The number of amides is 2. The number of carbonyl (C=O) groups is 2. The van der Waals surface area contributed by atoms with Gasteiger partial charge in [-0.15, -0.1) is 0 Å². The molecule has 0 bridgehead atoms. The normalized spacial score (nSPS) is 11.8. The van der Waals surface area contributed by atoms with Gasteiger partial charge in [-0.25, -0.2) is 17.9 Å². The molecule has 2 N–H and O–H groups in total. The second-order valence-corrected chi connectivity index (χ2v) is 10.7. The van der Waals surface area contributed by atoms with Gasteiger partial charge in [0.2, 0.25) is 0 Å². The van der Waals surface area contributed by atoms with Gasteiger partial charge in [-0.1, -0.05) is 12.1 Å². The lowest BCUT2D eigenvalue weighted by atomic mass is 10.1. The smallest absolute Gasteiger partial charge is 0.407 e. The summed E-state index contributed by atoms with van der Waals surface area (Å²) in [6, 6.07) is 12.7. The van der Waals surface area contributed by atoms with Crippen LogP contribution in [0.4, 0.5) is 10.5 Å². The number of sulfonamides is 1. The summed E-state index contributed by atoms with van der Waals surface area (Å²) in [5.74, 6) is -1.08. The van der Waals surface area contributed by atoms with Gasteiger partial charge in [0.15, 0.2) is 5.76 Å². The summed E-state index contributed by atoms with van der Waals surface area (Å²) in [6.45, 7) is 5.17. The molecule has 2 aromatic carbocycles. The number of carboxylic acid groups (broad SMARTS) is 1. The first-order valence-corrected chi connectivity index (χ1v) is 12.3. The number of ether oxygens (including phenoxy) is 1. The van der Waals surface area contributed by atoms with E-state index in [1.54, 1.807) is 39.0 Å². The number of nitrogens with zero attached hydrogens (tertiary/aromatic N) is 2. The zero-order chi connectivity index (χ0) is 26.0. The summed E-state index contributed by atoms with van der Waals surface area (Å²) in [6.07, 6.45) is -1.11. The van der Waals surface area contributed by atoms with Crippen LogP contribution in [-0.4, -0.2) is 63.2 Å².